The number of hydrogen-bond donors (Lipinski definition) is 1. The first-order chi connectivity index (χ1) is 14.0. The lowest BCUT2D eigenvalue weighted by Crippen LogP contribution is -2.63. The molecule has 0 aromatic carbocycles. The molecule has 0 radical (unpaired) electrons. The molecule has 0 bridgehead atoms. The largest absolute Gasteiger partial charge is 0.465 e. The minimum Gasteiger partial charge on any atom is -0.465 e. The summed E-state index contributed by atoms with van der Waals surface area (Å²) in [5.41, 5.74) is -1.65. The van der Waals surface area contributed by atoms with Crippen LogP contribution in [0.3, 0.4) is 0 Å². The molecule has 0 spiro atoms. The van der Waals surface area contributed by atoms with Gasteiger partial charge in [-0.1, -0.05) is 27.7 Å². The lowest BCUT2D eigenvalue weighted by molar-refractivity contribution is -0.158. The van der Waals surface area contributed by atoms with Gasteiger partial charge in [0, 0.05) is 18.9 Å². The van der Waals surface area contributed by atoms with Gasteiger partial charge >= 0.3 is 5.97 Å². The molecule has 0 aromatic rings. The van der Waals surface area contributed by atoms with Gasteiger partial charge in [0.05, 0.1) is 23.8 Å². The Hall–Kier alpha value is -1.05. The van der Waals surface area contributed by atoms with Gasteiger partial charge in [-0.25, -0.2) is 0 Å². The summed E-state index contributed by atoms with van der Waals surface area (Å²) in [7, 11) is -2.16. The van der Waals surface area contributed by atoms with Crippen LogP contribution in [0.15, 0.2) is 4.99 Å². The van der Waals surface area contributed by atoms with Crippen LogP contribution in [0, 0.1) is 17.3 Å². The molecule has 0 saturated heterocycles. The van der Waals surface area contributed by atoms with Crippen molar-refractivity contribution in [1.82, 2.24) is 0 Å². The van der Waals surface area contributed by atoms with E-state index in [1.807, 2.05) is 27.7 Å². The number of carbonyl (C=O) groups is 2. The fourth-order valence-electron chi connectivity index (χ4n) is 4.21. The van der Waals surface area contributed by atoms with Gasteiger partial charge in [0.15, 0.2) is 19.7 Å². The maximum absolute atomic E-state index is 13.2. The summed E-state index contributed by atoms with van der Waals surface area (Å²) >= 11 is 0. The minimum atomic E-state index is -2.16. The van der Waals surface area contributed by atoms with E-state index in [2.05, 4.69) is 38.9 Å². The molecule has 7 heteroatoms. The van der Waals surface area contributed by atoms with Crippen LogP contribution in [-0.2, 0) is 18.8 Å². The van der Waals surface area contributed by atoms with Crippen molar-refractivity contribution in [2.24, 2.45) is 22.2 Å². The molecular formula is C24H43NO5Si. The van der Waals surface area contributed by atoms with E-state index in [0.717, 1.165) is 6.42 Å². The van der Waals surface area contributed by atoms with E-state index in [4.69, 9.17) is 9.16 Å². The highest BCUT2D eigenvalue weighted by Crippen LogP contribution is 2.46. The van der Waals surface area contributed by atoms with Gasteiger partial charge in [-0.3, -0.25) is 14.6 Å². The monoisotopic (exact) mass is 453 g/mol. The van der Waals surface area contributed by atoms with Crippen molar-refractivity contribution in [1.29, 1.82) is 0 Å². The first-order valence-electron chi connectivity index (χ1n) is 11.7. The van der Waals surface area contributed by atoms with Crippen LogP contribution < -0.4 is 0 Å². The lowest BCUT2D eigenvalue weighted by Gasteiger charge is -2.50. The first-order valence-corrected chi connectivity index (χ1v) is 14.6. The average Bonchev–Trinajstić information content (AvgIpc) is 3.15. The third-order valence-corrected chi connectivity index (χ3v) is 11.7. The fourth-order valence-corrected chi connectivity index (χ4v) is 5.64. The second-order valence-corrected chi connectivity index (χ2v) is 16.7. The highest BCUT2D eigenvalue weighted by molar-refractivity contribution is 6.74. The Morgan fingerprint density at radius 2 is 1.84 bits per heavy atom. The quantitative estimate of drug-likeness (QED) is 0.471. The zero-order valence-corrected chi connectivity index (χ0v) is 22.0. The predicted octanol–water partition coefficient (Wildman–Crippen LogP) is 4.55. The van der Waals surface area contributed by atoms with Crippen molar-refractivity contribution < 1.29 is 23.9 Å². The van der Waals surface area contributed by atoms with Gasteiger partial charge in [0.2, 0.25) is 0 Å². The number of rotatable bonds is 6. The summed E-state index contributed by atoms with van der Waals surface area (Å²) in [5, 5.41) is 11.8. The normalized spacial score (nSPS) is 30.3. The maximum atomic E-state index is 13.2. The summed E-state index contributed by atoms with van der Waals surface area (Å²) in [4.78, 5) is 30.0. The van der Waals surface area contributed by atoms with Gasteiger partial charge in [0.25, 0.3) is 0 Å². The second kappa shape index (κ2) is 9.06. The molecule has 0 amide bonds. The van der Waals surface area contributed by atoms with E-state index in [9.17, 15) is 14.7 Å². The minimum absolute atomic E-state index is 0.000415. The molecule has 1 aliphatic heterocycles. The summed E-state index contributed by atoms with van der Waals surface area (Å²) in [6.45, 7) is 19.2. The van der Waals surface area contributed by atoms with Crippen molar-refractivity contribution in [3.05, 3.63) is 0 Å². The number of nitrogens with zero attached hydrogens (tertiary/aromatic N) is 1. The van der Waals surface area contributed by atoms with Gasteiger partial charge in [-0.15, -0.1) is 0 Å². The van der Waals surface area contributed by atoms with Gasteiger partial charge < -0.3 is 14.3 Å². The van der Waals surface area contributed by atoms with E-state index in [0.29, 0.717) is 25.1 Å². The van der Waals surface area contributed by atoms with Gasteiger partial charge in [0.1, 0.15) is 0 Å². The summed E-state index contributed by atoms with van der Waals surface area (Å²) in [6.07, 6.45) is 1.82. The summed E-state index contributed by atoms with van der Waals surface area (Å²) < 4.78 is 12.4. The van der Waals surface area contributed by atoms with E-state index in [-0.39, 0.29) is 41.8 Å². The van der Waals surface area contributed by atoms with E-state index < -0.39 is 25.3 Å². The number of esters is 1. The Kier molecular flexibility index (Phi) is 7.66. The topological polar surface area (TPSA) is 85.2 Å². The van der Waals surface area contributed by atoms with Crippen LogP contribution in [0.4, 0.5) is 0 Å². The Balaban J connectivity index is 2.38. The highest BCUT2D eigenvalue weighted by Gasteiger charge is 2.57. The van der Waals surface area contributed by atoms with Crippen LogP contribution >= 0.6 is 0 Å². The number of hydrogen-bond acceptors (Lipinski definition) is 6. The van der Waals surface area contributed by atoms with Crippen molar-refractivity contribution in [2.75, 3.05) is 13.2 Å². The van der Waals surface area contributed by atoms with Gasteiger partial charge in [-0.2, -0.15) is 0 Å². The maximum Gasteiger partial charge on any atom is 0.311 e. The number of aliphatic imine (C=N–C) groups is 1. The number of Topliss-reactive ketones (excluding diaryl/α,β-unsaturated/α-hetero) is 1. The molecule has 178 valence electrons. The predicted molar refractivity (Wildman–Crippen MR) is 126 cm³/mol. The number of ketones is 1. The van der Waals surface area contributed by atoms with Crippen LogP contribution in [0.2, 0.25) is 18.1 Å². The second-order valence-electron chi connectivity index (χ2n) is 11.9. The SMILES string of the molecule is C[C@H]1CC(=O)C(O)(C2=NCCC2)[C@H](CCOC(=O)C(C)(C)C)[C@H]1O[Si](C)(C)C(C)(C)C. The van der Waals surface area contributed by atoms with Crippen LogP contribution in [0.5, 0.6) is 0 Å². The molecule has 2 aliphatic rings. The van der Waals surface area contributed by atoms with Crippen molar-refractivity contribution in [3.63, 3.8) is 0 Å². The highest BCUT2D eigenvalue weighted by atomic mass is 28.4. The Morgan fingerprint density at radius 1 is 1.23 bits per heavy atom. The molecule has 1 unspecified atom stereocenters. The average molecular weight is 454 g/mol. The summed E-state index contributed by atoms with van der Waals surface area (Å²) in [5.74, 6) is -0.969. The van der Waals surface area contributed by atoms with E-state index >= 15 is 0 Å². The van der Waals surface area contributed by atoms with Gasteiger partial charge in [-0.05, 0) is 64.1 Å². The van der Waals surface area contributed by atoms with Crippen molar-refractivity contribution in [2.45, 2.75) is 104 Å². The third-order valence-electron chi connectivity index (χ3n) is 7.25. The van der Waals surface area contributed by atoms with Crippen LogP contribution in [0.1, 0.15) is 74.1 Å². The molecule has 1 fully saturated rings. The molecule has 2 rings (SSSR count). The molecule has 6 nitrogen and oxygen atoms in total. The zero-order valence-electron chi connectivity index (χ0n) is 21.0. The lowest BCUT2D eigenvalue weighted by atomic mass is 9.65. The van der Waals surface area contributed by atoms with E-state index in [1.54, 1.807) is 0 Å². The van der Waals surface area contributed by atoms with Crippen molar-refractivity contribution >= 4 is 25.8 Å². The Bertz CT molecular complexity index is 718. The number of aliphatic hydroxyl groups is 1. The molecule has 1 saturated carbocycles. The molecule has 31 heavy (non-hydrogen) atoms. The molecule has 1 aliphatic carbocycles. The molecule has 4 atom stereocenters. The molecule has 1 heterocycles. The smallest absolute Gasteiger partial charge is 0.311 e. The zero-order chi connectivity index (χ0) is 23.8. The van der Waals surface area contributed by atoms with Crippen LogP contribution in [-0.4, -0.2) is 55.7 Å². The third kappa shape index (κ3) is 5.48. The fraction of sp³-hybridized carbons (Fsp3) is 0.875. The standard InChI is InChI=1S/C24H43NO5Si/c1-16-15-19(26)24(28,18-11-10-13-25-18)17(12-14-29-21(27)22(2,3)4)20(16)30-31(8,9)23(5,6)7/h16-17,20,28H,10-15H2,1-9H3/t16-,17+,20-,24?/m0/s1. The molecular weight excluding hydrogens is 410 g/mol. The Morgan fingerprint density at radius 3 is 2.32 bits per heavy atom. The van der Waals surface area contributed by atoms with Crippen molar-refractivity contribution in [3.8, 4) is 0 Å². The Labute approximate surface area is 189 Å². The first kappa shape index (κ1) is 26.2. The number of ether oxygens (including phenoxy) is 1. The molecule has 1 N–H and O–H groups in total. The van der Waals surface area contributed by atoms with Crippen LogP contribution in [0.25, 0.3) is 0 Å². The number of carbonyl (C=O) groups excluding carboxylic acids is 2. The molecule has 0 aromatic heterocycles. The summed E-state index contributed by atoms with van der Waals surface area (Å²) in [6, 6.07) is 0. The van der Waals surface area contributed by atoms with E-state index in [1.165, 1.54) is 0 Å².